The lowest BCUT2D eigenvalue weighted by atomic mass is 9.94. The van der Waals surface area contributed by atoms with E-state index in [4.69, 9.17) is 4.74 Å². The topological polar surface area (TPSA) is 51.2 Å². The molecule has 3 rings (SSSR count). The zero-order chi connectivity index (χ0) is 19.2. The number of anilines is 1. The average Bonchev–Trinajstić information content (AvgIpc) is 3.06. The molecule has 4 nitrogen and oxygen atoms in total. The van der Waals surface area contributed by atoms with Crippen LogP contribution in [0.4, 0.5) is 5.13 Å². The molecule has 0 unspecified atom stereocenters. The van der Waals surface area contributed by atoms with E-state index in [-0.39, 0.29) is 11.8 Å². The smallest absolute Gasteiger partial charge is 0.233 e. The van der Waals surface area contributed by atoms with Crippen LogP contribution in [-0.4, -0.2) is 18.0 Å². The largest absolute Gasteiger partial charge is 0.497 e. The van der Waals surface area contributed by atoms with Crippen LogP contribution in [0.1, 0.15) is 36.1 Å². The molecular formula is C22H24N2O2S. The summed E-state index contributed by atoms with van der Waals surface area (Å²) in [7, 11) is 1.65. The van der Waals surface area contributed by atoms with E-state index < -0.39 is 0 Å². The van der Waals surface area contributed by atoms with Crippen molar-refractivity contribution in [3.05, 3.63) is 65.0 Å². The van der Waals surface area contributed by atoms with Gasteiger partial charge in [0.15, 0.2) is 5.13 Å². The van der Waals surface area contributed by atoms with Crippen LogP contribution in [0, 0.1) is 6.92 Å². The Morgan fingerprint density at radius 1 is 1.15 bits per heavy atom. The molecule has 0 aliphatic heterocycles. The van der Waals surface area contributed by atoms with E-state index in [1.54, 1.807) is 7.11 Å². The molecule has 3 aromatic rings. The Balaban J connectivity index is 1.79. The van der Waals surface area contributed by atoms with Gasteiger partial charge in [0.1, 0.15) is 5.75 Å². The lowest BCUT2D eigenvalue weighted by Gasteiger charge is -2.15. The molecule has 1 amide bonds. The van der Waals surface area contributed by atoms with Gasteiger partial charge in [0, 0.05) is 10.4 Å². The van der Waals surface area contributed by atoms with Crippen LogP contribution in [-0.2, 0) is 4.79 Å². The van der Waals surface area contributed by atoms with E-state index in [2.05, 4.69) is 17.2 Å². The van der Waals surface area contributed by atoms with E-state index in [9.17, 15) is 4.79 Å². The van der Waals surface area contributed by atoms with Gasteiger partial charge in [0.25, 0.3) is 0 Å². The zero-order valence-corrected chi connectivity index (χ0v) is 16.7. The number of hydrogen-bond donors (Lipinski definition) is 1. The summed E-state index contributed by atoms with van der Waals surface area (Å²) in [5.74, 6) is 0.647. The molecule has 1 heterocycles. The van der Waals surface area contributed by atoms with E-state index in [0.717, 1.165) is 40.3 Å². The highest BCUT2D eigenvalue weighted by molar-refractivity contribution is 7.16. The summed E-state index contributed by atoms with van der Waals surface area (Å²) in [4.78, 5) is 18.6. The van der Waals surface area contributed by atoms with Gasteiger partial charge in [-0.1, -0.05) is 43.7 Å². The third kappa shape index (κ3) is 4.55. The molecule has 27 heavy (non-hydrogen) atoms. The van der Waals surface area contributed by atoms with Gasteiger partial charge in [0.05, 0.1) is 18.7 Å². The second-order valence-electron chi connectivity index (χ2n) is 6.39. The number of aromatic nitrogens is 1. The summed E-state index contributed by atoms with van der Waals surface area (Å²) in [5.41, 5.74) is 2.95. The van der Waals surface area contributed by atoms with E-state index in [1.807, 2.05) is 61.5 Å². The first kappa shape index (κ1) is 19.1. The highest BCUT2D eigenvalue weighted by Crippen LogP contribution is 2.32. The quantitative estimate of drug-likeness (QED) is 0.576. The Labute approximate surface area is 164 Å². The SMILES string of the molecule is CCC[C@H](C(=O)Nc1nc(-c2ccc(OC)cc2)c(C)s1)c1ccccc1. The summed E-state index contributed by atoms with van der Waals surface area (Å²) >= 11 is 1.50. The third-order valence-corrected chi connectivity index (χ3v) is 5.37. The fraction of sp³-hybridized carbons (Fsp3) is 0.273. The first-order chi connectivity index (χ1) is 13.1. The van der Waals surface area contributed by atoms with Crippen LogP contribution in [0.5, 0.6) is 5.75 Å². The van der Waals surface area contributed by atoms with Crippen LogP contribution < -0.4 is 10.1 Å². The lowest BCUT2D eigenvalue weighted by molar-refractivity contribution is -0.117. The first-order valence-corrected chi connectivity index (χ1v) is 9.91. The number of ether oxygens (including phenoxy) is 1. The minimum Gasteiger partial charge on any atom is -0.497 e. The summed E-state index contributed by atoms with van der Waals surface area (Å²) < 4.78 is 5.21. The molecule has 140 valence electrons. The molecule has 0 saturated heterocycles. The Morgan fingerprint density at radius 2 is 1.85 bits per heavy atom. The summed E-state index contributed by atoms with van der Waals surface area (Å²) in [5, 5.41) is 3.66. The van der Waals surface area contributed by atoms with E-state index in [1.165, 1.54) is 11.3 Å². The molecule has 0 aliphatic carbocycles. The van der Waals surface area contributed by atoms with Gasteiger partial charge < -0.3 is 10.1 Å². The molecule has 0 radical (unpaired) electrons. The predicted octanol–water partition coefficient (Wildman–Crippen LogP) is 5.65. The average molecular weight is 381 g/mol. The number of benzene rings is 2. The van der Waals surface area contributed by atoms with Crippen molar-refractivity contribution < 1.29 is 9.53 Å². The van der Waals surface area contributed by atoms with Crippen molar-refractivity contribution in [1.29, 1.82) is 0 Å². The van der Waals surface area contributed by atoms with Crippen molar-refractivity contribution in [2.24, 2.45) is 0 Å². The number of carbonyl (C=O) groups excluding carboxylic acids is 1. The lowest BCUT2D eigenvalue weighted by Crippen LogP contribution is -2.21. The number of thiazole rings is 1. The van der Waals surface area contributed by atoms with Gasteiger partial charge in [-0.05, 0) is 43.2 Å². The molecule has 5 heteroatoms. The minimum absolute atomic E-state index is 0.00178. The van der Waals surface area contributed by atoms with Gasteiger partial charge >= 0.3 is 0 Å². The van der Waals surface area contributed by atoms with Gasteiger partial charge in [-0.25, -0.2) is 4.98 Å². The molecule has 2 aromatic carbocycles. The van der Waals surface area contributed by atoms with Crippen molar-refractivity contribution >= 4 is 22.4 Å². The number of rotatable bonds is 7. The predicted molar refractivity (Wildman–Crippen MR) is 112 cm³/mol. The number of amides is 1. The molecule has 0 spiro atoms. The maximum absolute atomic E-state index is 12.9. The maximum atomic E-state index is 12.9. The van der Waals surface area contributed by atoms with Crippen LogP contribution in [0.3, 0.4) is 0 Å². The molecule has 0 fully saturated rings. The number of nitrogens with zero attached hydrogens (tertiary/aromatic N) is 1. The highest BCUT2D eigenvalue weighted by atomic mass is 32.1. The summed E-state index contributed by atoms with van der Waals surface area (Å²) in [6, 6.07) is 17.7. The second-order valence-corrected chi connectivity index (χ2v) is 7.60. The zero-order valence-electron chi connectivity index (χ0n) is 15.9. The van der Waals surface area contributed by atoms with E-state index in [0.29, 0.717) is 5.13 Å². The molecule has 0 saturated carbocycles. The van der Waals surface area contributed by atoms with Crippen LogP contribution in [0.25, 0.3) is 11.3 Å². The highest BCUT2D eigenvalue weighted by Gasteiger charge is 2.21. The molecule has 0 bridgehead atoms. The molecule has 0 aliphatic rings. The fourth-order valence-corrected chi connectivity index (χ4v) is 3.92. The molecule has 1 atom stereocenters. The van der Waals surface area contributed by atoms with Gasteiger partial charge in [0.2, 0.25) is 5.91 Å². The molecule has 1 N–H and O–H groups in total. The fourth-order valence-electron chi connectivity index (χ4n) is 3.08. The number of aryl methyl sites for hydroxylation is 1. The monoisotopic (exact) mass is 380 g/mol. The van der Waals surface area contributed by atoms with Crippen molar-refractivity contribution in [3.63, 3.8) is 0 Å². The number of methoxy groups -OCH3 is 1. The van der Waals surface area contributed by atoms with Gasteiger partial charge in [-0.2, -0.15) is 0 Å². The van der Waals surface area contributed by atoms with Crippen molar-refractivity contribution in [2.45, 2.75) is 32.6 Å². The number of hydrogen-bond acceptors (Lipinski definition) is 4. The number of nitrogens with one attached hydrogen (secondary N) is 1. The summed E-state index contributed by atoms with van der Waals surface area (Å²) in [6.45, 7) is 4.12. The Morgan fingerprint density at radius 3 is 2.48 bits per heavy atom. The van der Waals surface area contributed by atoms with Gasteiger partial charge in [-0.15, -0.1) is 11.3 Å². The molecular weight excluding hydrogens is 356 g/mol. The third-order valence-electron chi connectivity index (χ3n) is 4.49. The van der Waals surface area contributed by atoms with Crippen LogP contribution in [0.2, 0.25) is 0 Å². The van der Waals surface area contributed by atoms with Crippen molar-refractivity contribution in [1.82, 2.24) is 4.98 Å². The van der Waals surface area contributed by atoms with Crippen molar-refractivity contribution in [2.75, 3.05) is 12.4 Å². The van der Waals surface area contributed by atoms with Gasteiger partial charge in [-0.3, -0.25) is 4.79 Å². The molecule has 1 aromatic heterocycles. The van der Waals surface area contributed by atoms with Crippen molar-refractivity contribution in [3.8, 4) is 17.0 Å². The Bertz CT molecular complexity index is 888. The standard InChI is InChI=1S/C22H24N2O2S/c1-4-8-19(16-9-6-5-7-10-16)21(25)24-22-23-20(15(2)27-22)17-11-13-18(26-3)14-12-17/h5-7,9-14,19H,4,8H2,1-3H3,(H,23,24,25)/t19-/m0/s1. The summed E-state index contributed by atoms with van der Waals surface area (Å²) in [6.07, 6.45) is 1.76. The second kappa shape index (κ2) is 8.82. The maximum Gasteiger partial charge on any atom is 0.233 e. The Kier molecular flexibility index (Phi) is 6.24. The number of carbonyl (C=O) groups is 1. The minimum atomic E-state index is -0.162. The first-order valence-electron chi connectivity index (χ1n) is 9.10. The Hall–Kier alpha value is -2.66. The van der Waals surface area contributed by atoms with Crippen LogP contribution in [0.15, 0.2) is 54.6 Å². The normalized spacial score (nSPS) is 11.8. The van der Waals surface area contributed by atoms with Crippen LogP contribution >= 0.6 is 11.3 Å². The van der Waals surface area contributed by atoms with E-state index >= 15 is 0 Å².